The lowest BCUT2D eigenvalue weighted by Gasteiger charge is -2.22. The molecule has 1 atom stereocenters. The van der Waals surface area contributed by atoms with Gasteiger partial charge in [0.15, 0.2) is 0 Å². The Labute approximate surface area is 123 Å². The van der Waals surface area contributed by atoms with Gasteiger partial charge in [0.2, 0.25) is 0 Å². The maximum absolute atomic E-state index is 12.0. The van der Waals surface area contributed by atoms with E-state index >= 15 is 0 Å². The van der Waals surface area contributed by atoms with Crippen molar-refractivity contribution in [2.45, 2.75) is 25.8 Å². The highest BCUT2D eigenvalue weighted by Gasteiger charge is 2.23. The Morgan fingerprint density at radius 2 is 2.21 bits per heavy atom. The second-order valence-corrected chi connectivity index (χ2v) is 5.58. The van der Waals surface area contributed by atoms with Gasteiger partial charge < -0.3 is 5.32 Å². The second kappa shape index (κ2) is 6.60. The average molecular weight is 301 g/mol. The topological polar surface area (TPSA) is 32.3 Å². The summed E-state index contributed by atoms with van der Waals surface area (Å²) in [6, 6.07) is 5.39. The first-order valence-corrected chi connectivity index (χ1v) is 7.34. The Kier molecular flexibility index (Phi) is 5.08. The highest BCUT2D eigenvalue weighted by atomic mass is 35.5. The fraction of sp³-hybridized carbons (Fsp3) is 0.500. The van der Waals surface area contributed by atoms with E-state index in [1.54, 1.807) is 18.2 Å². The van der Waals surface area contributed by atoms with Crippen molar-refractivity contribution < 1.29 is 4.79 Å². The molecule has 0 saturated carbocycles. The molecule has 1 aromatic carbocycles. The maximum atomic E-state index is 12.0. The maximum Gasteiger partial charge on any atom is 0.251 e. The van der Waals surface area contributed by atoms with Gasteiger partial charge in [-0.05, 0) is 44.1 Å². The lowest BCUT2D eigenvalue weighted by atomic mass is 10.2. The van der Waals surface area contributed by atoms with Crippen molar-refractivity contribution in [1.29, 1.82) is 0 Å². The molecule has 5 heteroatoms. The zero-order chi connectivity index (χ0) is 13.8. The standard InChI is InChI=1S/C14H18Cl2N2O/c1-2-18-7-3-4-11(18)9-17-14(19)10-5-6-12(15)13(16)8-10/h5-6,8,11H,2-4,7,9H2,1H3,(H,17,19). The van der Waals surface area contributed by atoms with Crippen LogP contribution in [0.5, 0.6) is 0 Å². The van der Waals surface area contributed by atoms with Crippen molar-refractivity contribution in [2.24, 2.45) is 0 Å². The highest BCUT2D eigenvalue weighted by molar-refractivity contribution is 6.42. The van der Waals surface area contributed by atoms with Gasteiger partial charge in [-0.25, -0.2) is 0 Å². The third-order valence-electron chi connectivity index (χ3n) is 3.59. The number of benzene rings is 1. The third kappa shape index (κ3) is 3.62. The summed E-state index contributed by atoms with van der Waals surface area (Å²) in [6.07, 6.45) is 2.36. The number of hydrogen-bond acceptors (Lipinski definition) is 2. The van der Waals surface area contributed by atoms with Crippen LogP contribution in [0.3, 0.4) is 0 Å². The van der Waals surface area contributed by atoms with E-state index in [0.29, 0.717) is 28.2 Å². The van der Waals surface area contributed by atoms with Crippen LogP contribution in [0, 0.1) is 0 Å². The van der Waals surface area contributed by atoms with Crippen LogP contribution in [0.1, 0.15) is 30.1 Å². The molecule has 104 valence electrons. The van der Waals surface area contributed by atoms with Crippen LogP contribution in [-0.4, -0.2) is 36.5 Å². The molecule has 1 aliphatic heterocycles. The zero-order valence-electron chi connectivity index (χ0n) is 11.0. The van der Waals surface area contributed by atoms with Crippen molar-refractivity contribution in [3.8, 4) is 0 Å². The molecule has 2 rings (SSSR count). The van der Waals surface area contributed by atoms with Gasteiger partial charge in [-0.3, -0.25) is 9.69 Å². The molecule has 0 radical (unpaired) electrons. The average Bonchev–Trinajstić information content (AvgIpc) is 2.86. The quantitative estimate of drug-likeness (QED) is 0.926. The minimum absolute atomic E-state index is 0.0958. The lowest BCUT2D eigenvalue weighted by molar-refractivity contribution is 0.0941. The number of carbonyl (C=O) groups excluding carboxylic acids is 1. The van der Waals surface area contributed by atoms with Crippen LogP contribution in [0.4, 0.5) is 0 Å². The first kappa shape index (κ1) is 14.6. The van der Waals surface area contributed by atoms with Crippen LogP contribution in [0.15, 0.2) is 18.2 Å². The predicted octanol–water partition coefficient (Wildman–Crippen LogP) is 3.21. The number of carbonyl (C=O) groups is 1. The van der Waals surface area contributed by atoms with E-state index in [0.717, 1.165) is 19.5 Å². The van der Waals surface area contributed by atoms with Crippen LogP contribution < -0.4 is 5.32 Å². The summed E-state index contributed by atoms with van der Waals surface area (Å²) in [6.45, 7) is 5.00. The van der Waals surface area contributed by atoms with Gasteiger partial charge in [0, 0.05) is 18.2 Å². The van der Waals surface area contributed by atoms with E-state index in [9.17, 15) is 4.79 Å². The summed E-state index contributed by atoms with van der Waals surface area (Å²) in [7, 11) is 0. The van der Waals surface area contributed by atoms with Crippen molar-refractivity contribution in [3.63, 3.8) is 0 Å². The van der Waals surface area contributed by atoms with Crippen LogP contribution >= 0.6 is 23.2 Å². The van der Waals surface area contributed by atoms with Crippen molar-refractivity contribution in [2.75, 3.05) is 19.6 Å². The van der Waals surface area contributed by atoms with E-state index in [-0.39, 0.29) is 5.91 Å². The molecule has 0 bridgehead atoms. The van der Waals surface area contributed by atoms with Crippen molar-refractivity contribution >= 4 is 29.1 Å². The molecule has 1 fully saturated rings. The fourth-order valence-corrected chi connectivity index (χ4v) is 2.79. The smallest absolute Gasteiger partial charge is 0.251 e. The number of amides is 1. The number of hydrogen-bond donors (Lipinski definition) is 1. The van der Waals surface area contributed by atoms with E-state index in [2.05, 4.69) is 17.1 Å². The largest absolute Gasteiger partial charge is 0.350 e. The number of likely N-dealkylation sites (tertiary alicyclic amines) is 1. The first-order chi connectivity index (χ1) is 9.11. The van der Waals surface area contributed by atoms with Gasteiger partial charge >= 0.3 is 0 Å². The van der Waals surface area contributed by atoms with Gasteiger partial charge in [-0.2, -0.15) is 0 Å². The Balaban J connectivity index is 1.92. The third-order valence-corrected chi connectivity index (χ3v) is 4.32. The molecule has 1 heterocycles. The molecule has 0 aliphatic carbocycles. The predicted molar refractivity (Wildman–Crippen MR) is 79.1 cm³/mol. The molecule has 19 heavy (non-hydrogen) atoms. The molecular weight excluding hydrogens is 283 g/mol. The zero-order valence-corrected chi connectivity index (χ0v) is 12.5. The molecule has 3 nitrogen and oxygen atoms in total. The Hall–Kier alpha value is -0.770. The van der Waals surface area contributed by atoms with E-state index in [4.69, 9.17) is 23.2 Å². The van der Waals surface area contributed by atoms with E-state index in [1.165, 1.54) is 6.42 Å². The molecule has 1 aromatic rings. The summed E-state index contributed by atoms with van der Waals surface area (Å²) in [5.74, 6) is -0.0958. The molecule has 0 spiro atoms. The number of likely N-dealkylation sites (N-methyl/N-ethyl adjacent to an activating group) is 1. The molecule has 0 aromatic heterocycles. The van der Waals surface area contributed by atoms with Gasteiger partial charge in [0.25, 0.3) is 5.91 Å². The summed E-state index contributed by atoms with van der Waals surface area (Å²) < 4.78 is 0. The number of nitrogens with zero attached hydrogens (tertiary/aromatic N) is 1. The van der Waals surface area contributed by atoms with Gasteiger partial charge in [-0.1, -0.05) is 30.1 Å². The molecule has 1 amide bonds. The SMILES string of the molecule is CCN1CCCC1CNC(=O)c1ccc(Cl)c(Cl)c1. The van der Waals surface area contributed by atoms with E-state index < -0.39 is 0 Å². The summed E-state index contributed by atoms with van der Waals surface area (Å²) in [4.78, 5) is 14.4. The molecule has 1 unspecified atom stereocenters. The minimum atomic E-state index is -0.0958. The Morgan fingerprint density at radius 3 is 2.89 bits per heavy atom. The fourth-order valence-electron chi connectivity index (χ4n) is 2.49. The normalized spacial score (nSPS) is 19.6. The molecular formula is C14H18Cl2N2O. The van der Waals surface area contributed by atoms with Gasteiger partial charge in [0.05, 0.1) is 10.0 Å². The summed E-state index contributed by atoms with van der Waals surface area (Å²) in [5.41, 5.74) is 0.551. The lowest BCUT2D eigenvalue weighted by Crippen LogP contribution is -2.40. The molecule has 1 saturated heterocycles. The number of nitrogens with one attached hydrogen (secondary N) is 1. The number of halogens is 2. The monoisotopic (exact) mass is 300 g/mol. The Morgan fingerprint density at radius 1 is 1.42 bits per heavy atom. The summed E-state index contributed by atoms with van der Waals surface area (Å²) >= 11 is 11.7. The summed E-state index contributed by atoms with van der Waals surface area (Å²) in [5, 5.41) is 3.84. The first-order valence-electron chi connectivity index (χ1n) is 6.59. The number of rotatable bonds is 4. The van der Waals surface area contributed by atoms with Crippen LogP contribution in [0.2, 0.25) is 10.0 Å². The molecule has 1 N–H and O–H groups in total. The van der Waals surface area contributed by atoms with Gasteiger partial charge in [0.1, 0.15) is 0 Å². The van der Waals surface area contributed by atoms with E-state index in [1.807, 2.05) is 0 Å². The highest BCUT2D eigenvalue weighted by Crippen LogP contribution is 2.22. The Bertz CT molecular complexity index is 465. The van der Waals surface area contributed by atoms with Crippen LogP contribution in [-0.2, 0) is 0 Å². The second-order valence-electron chi connectivity index (χ2n) is 4.76. The minimum Gasteiger partial charge on any atom is -0.350 e. The van der Waals surface area contributed by atoms with Crippen LogP contribution in [0.25, 0.3) is 0 Å². The van der Waals surface area contributed by atoms with Crippen molar-refractivity contribution in [3.05, 3.63) is 33.8 Å². The van der Waals surface area contributed by atoms with Gasteiger partial charge in [-0.15, -0.1) is 0 Å². The molecule has 1 aliphatic rings. The van der Waals surface area contributed by atoms with Crippen molar-refractivity contribution in [1.82, 2.24) is 10.2 Å².